The molecule has 0 aromatic heterocycles. The summed E-state index contributed by atoms with van der Waals surface area (Å²) in [6.45, 7) is 1.36. The summed E-state index contributed by atoms with van der Waals surface area (Å²) < 4.78 is 8.58. The van der Waals surface area contributed by atoms with Gasteiger partial charge < -0.3 is 0 Å². The van der Waals surface area contributed by atoms with E-state index < -0.39 is 7.94 Å². The van der Waals surface area contributed by atoms with Crippen molar-refractivity contribution >= 4 is 7.94 Å². The van der Waals surface area contributed by atoms with Crippen LogP contribution in [0.3, 0.4) is 0 Å². The Kier molecular flexibility index (Phi) is 2.70. The van der Waals surface area contributed by atoms with Gasteiger partial charge in [0.15, 0.2) is 0 Å². The quantitative estimate of drug-likeness (QED) is 0.437. The fourth-order valence-electron chi connectivity index (χ4n) is 0.126. The van der Waals surface area contributed by atoms with Crippen LogP contribution >= 0.6 is 7.94 Å². The standard InChI is InChI=1S/C3H8NO3P/c1-6-8(2,5)7-3-4/h5,8H,1-2H3. The van der Waals surface area contributed by atoms with Crippen LogP contribution < -0.4 is 0 Å². The van der Waals surface area contributed by atoms with Crippen LogP contribution in [0, 0.1) is 11.5 Å². The van der Waals surface area contributed by atoms with Gasteiger partial charge in [-0.05, 0) is 0 Å². The third kappa shape index (κ3) is 2.75. The van der Waals surface area contributed by atoms with Crippen LogP contribution in [0.25, 0.3) is 0 Å². The number of hydrogen-bond donors (Lipinski definition) is 1. The van der Waals surface area contributed by atoms with E-state index in [2.05, 4.69) is 9.05 Å². The summed E-state index contributed by atoms with van der Waals surface area (Å²) >= 11 is 0. The molecule has 0 aliphatic rings. The van der Waals surface area contributed by atoms with Crippen molar-refractivity contribution in [2.24, 2.45) is 0 Å². The van der Waals surface area contributed by atoms with E-state index >= 15 is 0 Å². The Bertz CT molecular complexity index is 108. The zero-order chi connectivity index (χ0) is 6.62. The van der Waals surface area contributed by atoms with Crippen molar-refractivity contribution in [3.63, 3.8) is 0 Å². The van der Waals surface area contributed by atoms with Crippen LogP contribution in [-0.4, -0.2) is 18.7 Å². The van der Waals surface area contributed by atoms with E-state index in [1.807, 2.05) is 0 Å². The van der Waals surface area contributed by atoms with E-state index in [1.165, 1.54) is 20.0 Å². The van der Waals surface area contributed by atoms with Gasteiger partial charge in [-0.1, -0.05) is 0 Å². The Labute approximate surface area is 48.2 Å². The van der Waals surface area contributed by atoms with Gasteiger partial charge >= 0.3 is 47.2 Å². The summed E-state index contributed by atoms with van der Waals surface area (Å²) in [6.07, 6.45) is 1.35. The fraction of sp³-hybridized carbons (Fsp3) is 0.667. The first-order valence-corrected chi connectivity index (χ1v) is 4.23. The SMILES string of the molecule is CO[PH](C)(O)OC#N. The van der Waals surface area contributed by atoms with Gasteiger partial charge in [0.05, 0.1) is 0 Å². The van der Waals surface area contributed by atoms with Crippen molar-refractivity contribution < 1.29 is 13.9 Å². The van der Waals surface area contributed by atoms with Gasteiger partial charge in [0, 0.05) is 0 Å². The van der Waals surface area contributed by atoms with Gasteiger partial charge in [-0.15, -0.1) is 0 Å². The molecule has 0 aromatic carbocycles. The Hall–Kier alpha value is -0.360. The van der Waals surface area contributed by atoms with Gasteiger partial charge in [0.1, 0.15) is 0 Å². The summed E-state index contributed by atoms with van der Waals surface area (Å²) in [5.41, 5.74) is 0. The first-order chi connectivity index (χ1) is 3.62. The summed E-state index contributed by atoms with van der Waals surface area (Å²) in [5, 5.41) is 7.86. The predicted octanol–water partition coefficient (Wildman–Crippen LogP) is 0.247. The van der Waals surface area contributed by atoms with Gasteiger partial charge in [0.2, 0.25) is 0 Å². The molecule has 0 saturated heterocycles. The molecule has 0 amide bonds. The first kappa shape index (κ1) is 7.64. The molecule has 0 aromatic rings. The molecular formula is C3H8NO3P. The molecule has 0 bridgehead atoms. The number of nitrogens with zero attached hydrogens (tertiary/aromatic N) is 1. The molecule has 0 rings (SSSR count). The Morgan fingerprint density at radius 2 is 2.25 bits per heavy atom. The van der Waals surface area contributed by atoms with Gasteiger partial charge in [-0.2, -0.15) is 0 Å². The summed E-state index contributed by atoms with van der Waals surface area (Å²) in [6, 6.07) is 0. The average molecular weight is 137 g/mol. The maximum absolute atomic E-state index is 8.80. The van der Waals surface area contributed by atoms with Crippen molar-refractivity contribution in [1.82, 2.24) is 0 Å². The molecule has 5 heteroatoms. The van der Waals surface area contributed by atoms with Crippen molar-refractivity contribution in [2.75, 3.05) is 13.8 Å². The van der Waals surface area contributed by atoms with Crippen molar-refractivity contribution in [2.45, 2.75) is 0 Å². The van der Waals surface area contributed by atoms with E-state index in [0.717, 1.165) is 0 Å². The van der Waals surface area contributed by atoms with Gasteiger partial charge in [-0.3, -0.25) is 0 Å². The first-order valence-electron chi connectivity index (χ1n) is 1.97. The molecule has 0 fully saturated rings. The molecule has 0 radical (unpaired) electrons. The van der Waals surface area contributed by atoms with Crippen molar-refractivity contribution in [3.8, 4) is 6.26 Å². The van der Waals surface area contributed by atoms with Gasteiger partial charge in [0.25, 0.3) is 0 Å². The summed E-state index contributed by atoms with van der Waals surface area (Å²) in [5.74, 6) is 0. The molecule has 0 spiro atoms. The Balaban J connectivity index is 3.58. The van der Waals surface area contributed by atoms with Crippen LogP contribution in [0.4, 0.5) is 0 Å². The van der Waals surface area contributed by atoms with Crippen molar-refractivity contribution in [3.05, 3.63) is 0 Å². The molecule has 48 valence electrons. The molecule has 8 heavy (non-hydrogen) atoms. The number of rotatable bonds is 2. The average Bonchev–Trinajstić information content (AvgIpc) is 1.67. The number of hydrogen-bond acceptors (Lipinski definition) is 4. The van der Waals surface area contributed by atoms with Crippen LogP contribution in [0.5, 0.6) is 0 Å². The second-order valence-electron chi connectivity index (χ2n) is 1.30. The third-order valence-electron chi connectivity index (χ3n) is 0.614. The Morgan fingerprint density at radius 3 is 2.38 bits per heavy atom. The molecule has 0 heterocycles. The predicted molar refractivity (Wildman–Crippen MR) is 30.2 cm³/mol. The second kappa shape index (κ2) is 2.83. The van der Waals surface area contributed by atoms with Gasteiger partial charge in [-0.25, -0.2) is 0 Å². The van der Waals surface area contributed by atoms with Crippen LogP contribution in [-0.2, 0) is 9.05 Å². The normalized spacial score (nSPS) is 12.2. The van der Waals surface area contributed by atoms with Crippen LogP contribution in [0.1, 0.15) is 0 Å². The summed E-state index contributed by atoms with van der Waals surface area (Å²) in [7, 11) is -1.74. The summed E-state index contributed by atoms with van der Waals surface area (Å²) in [4.78, 5) is 8.80. The monoisotopic (exact) mass is 137 g/mol. The topological polar surface area (TPSA) is 62.5 Å². The maximum atomic E-state index is 8.80. The second-order valence-corrected chi connectivity index (χ2v) is 3.70. The minimum atomic E-state index is -3.04. The van der Waals surface area contributed by atoms with E-state index in [0.29, 0.717) is 0 Å². The Morgan fingerprint density at radius 1 is 1.75 bits per heavy atom. The molecular weight excluding hydrogens is 129 g/mol. The van der Waals surface area contributed by atoms with E-state index in [4.69, 9.17) is 10.2 Å². The van der Waals surface area contributed by atoms with Crippen molar-refractivity contribution in [1.29, 1.82) is 5.26 Å². The van der Waals surface area contributed by atoms with Crippen LogP contribution in [0.2, 0.25) is 0 Å². The minimum absolute atomic E-state index is 1.30. The molecule has 0 atom stereocenters. The zero-order valence-electron chi connectivity index (χ0n) is 4.71. The molecule has 0 aliphatic carbocycles. The zero-order valence-corrected chi connectivity index (χ0v) is 5.71. The van der Waals surface area contributed by atoms with E-state index in [-0.39, 0.29) is 0 Å². The fourth-order valence-corrected chi connectivity index (χ4v) is 0.379. The molecule has 0 saturated carbocycles. The third-order valence-corrected chi connectivity index (χ3v) is 1.84. The number of nitriles is 1. The van der Waals surface area contributed by atoms with Crippen LogP contribution in [0.15, 0.2) is 0 Å². The van der Waals surface area contributed by atoms with E-state index in [9.17, 15) is 0 Å². The molecule has 4 nitrogen and oxygen atoms in total. The van der Waals surface area contributed by atoms with E-state index in [1.54, 1.807) is 0 Å². The molecule has 0 unspecified atom stereocenters. The molecule has 1 N–H and O–H groups in total. The molecule has 0 aliphatic heterocycles.